The number of likely N-dealkylation sites (tertiary alicyclic amines) is 1. The SMILES string of the molecule is O=C(c1cnc2c(-c3cnco3)cc(C(F)(F)F)cn12)N1CCC(O)C1. The third-order valence-electron chi connectivity index (χ3n) is 4.30. The normalized spacial score (nSPS) is 18.0. The van der Waals surface area contributed by atoms with E-state index in [1.807, 2.05) is 0 Å². The number of aliphatic hydroxyl groups excluding tert-OH is 1. The van der Waals surface area contributed by atoms with Crippen molar-refractivity contribution in [3.63, 3.8) is 0 Å². The van der Waals surface area contributed by atoms with E-state index < -0.39 is 23.8 Å². The highest BCUT2D eigenvalue weighted by molar-refractivity contribution is 5.94. The van der Waals surface area contributed by atoms with Gasteiger partial charge in [0, 0.05) is 19.3 Å². The molecule has 0 aliphatic carbocycles. The lowest BCUT2D eigenvalue weighted by molar-refractivity contribution is -0.137. The molecule has 1 unspecified atom stereocenters. The van der Waals surface area contributed by atoms with Crippen molar-refractivity contribution in [2.75, 3.05) is 13.1 Å². The van der Waals surface area contributed by atoms with E-state index in [1.54, 1.807) is 0 Å². The summed E-state index contributed by atoms with van der Waals surface area (Å²) >= 11 is 0. The molecule has 4 rings (SSSR count). The van der Waals surface area contributed by atoms with E-state index in [2.05, 4.69) is 9.97 Å². The molecule has 3 aromatic heterocycles. The third-order valence-corrected chi connectivity index (χ3v) is 4.30. The molecule has 1 amide bonds. The number of carbonyl (C=O) groups is 1. The molecule has 3 aromatic rings. The first-order valence-corrected chi connectivity index (χ1v) is 7.79. The largest absolute Gasteiger partial charge is 0.443 e. The lowest BCUT2D eigenvalue weighted by atomic mass is 10.1. The molecule has 0 spiro atoms. The van der Waals surface area contributed by atoms with Crippen LogP contribution in [0.5, 0.6) is 0 Å². The average Bonchev–Trinajstić information content (AvgIpc) is 3.32. The number of aliphatic hydroxyl groups is 1. The molecule has 0 saturated carbocycles. The van der Waals surface area contributed by atoms with Crippen LogP contribution < -0.4 is 0 Å². The fraction of sp³-hybridized carbons (Fsp3) is 0.312. The van der Waals surface area contributed by atoms with Crippen molar-refractivity contribution in [1.82, 2.24) is 19.3 Å². The van der Waals surface area contributed by atoms with Crippen LogP contribution in [0.3, 0.4) is 0 Å². The molecule has 1 atom stereocenters. The Labute approximate surface area is 144 Å². The Bertz CT molecular complexity index is 965. The van der Waals surface area contributed by atoms with Crippen molar-refractivity contribution >= 4 is 11.6 Å². The fourth-order valence-electron chi connectivity index (χ4n) is 3.02. The van der Waals surface area contributed by atoms with Gasteiger partial charge in [-0.05, 0) is 12.5 Å². The van der Waals surface area contributed by atoms with Crippen LogP contribution in [-0.4, -0.2) is 49.5 Å². The topological polar surface area (TPSA) is 83.9 Å². The average molecular weight is 366 g/mol. The molecule has 10 heteroatoms. The number of halogens is 3. The van der Waals surface area contributed by atoms with E-state index in [0.29, 0.717) is 13.0 Å². The molecule has 1 fully saturated rings. The molecule has 136 valence electrons. The maximum atomic E-state index is 13.3. The van der Waals surface area contributed by atoms with E-state index in [4.69, 9.17) is 4.42 Å². The number of alkyl halides is 3. The maximum Gasteiger partial charge on any atom is 0.417 e. The number of pyridine rings is 1. The number of fused-ring (bicyclic) bond motifs is 1. The third kappa shape index (κ3) is 2.71. The van der Waals surface area contributed by atoms with Crippen molar-refractivity contribution in [2.45, 2.75) is 18.7 Å². The number of aromatic nitrogens is 3. The van der Waals surface area contributed by atoms with Crippen LogP contribution in [0.15, 0.2) is 35.5 Å². The van der Waals surface area contributed by atoms with E-state index in [0.717, 1.165) is 23.1 Å². The van der Waals surface area contributed by atoms with Gasteiger partial charge in [-0.3, -0.25) is 9.20 Å². The van der Waals surface area contributed by atoms with Crippen LogP contribution in [0.2, 0.25) is 0 Å². The monoisotopic (exact) mass is 366 g/mol. The first-order chi connectivity index (χ1) is 12.3. The van der Waals surface area contributed by atoms with Gasteiger partial charge >= 0.3 is 6.18 Å². The summed E-state index contributed by atoms with van der Waals surface area (Å²) in [6.45, 7) is 0.473. The molecular weight excluding hydrogens is 353 g/mol. The molecule has 0 aromatic carbocycles. The summed E-state index contributed by atoms with van der Waals surface area (Å²) in [5, 5.41) is 9.59. The number of amides is 1. The van der Waals surface area contributed by atoms with Gasteiger partial charge in [-0.2, -0.15) is 13.2 Å². The summed E-state index contributed by atoms with van der Waals surface area (Å²) in [4.78, 5) is 21.9. The number of carbonyl (C=O) groups excluding carboxylic acids is 1. The van der Waals surface area contributed by atoms with Crippen LogP contribution in [0.1, 0.15) is 22.5 Å². The van der Waals surface area contributed by atoms with Gasteiger partial charge in [-0.25, -0.2) is 9.97 Å². The second-order valence-corrected chi connectivity index (χ2v) is 6.04. The van der Waals surface area contributed by atoms with Crippen molar-refractivity contribution in [2.24, 2.45) is 0 Å². The number of imidazole rings is 1. The quantitative estimate of drug-likeness (QED) is 0.752. The van der Waals surface area contributed by atoms with Crippen molar-refractivity contribution < 1.29 is 27.5 Å². The zero-order valence-electron chi connectivity index (χ0n) is 13.3. The number of hydrogen-bond acceptors (Lipinski definition) is 5. The molecular formula is C16H13F3N4O3. The minimum Gasteiger partial charge on any atom is -0.443 e. The molecule has 1 saturated heterocycles. The molecule has 0 bridgehead atoms. The summed E-state index contributed by atoms with van der Waals surface area (Å²) in [7, 11) is 0. The first-order valence-electron chi connectivity index (χ1n) is 7.79. The van der Waals surface area contributed by atoms with Gasteiger partial charge < -0.3 is 14.4 Å². The van der Waals surface area contributed by atoms with Crippen molar-refractivity contribution in [3.05, 3.63) is 42.3 Å². The smallest absolute Gasteiger partial charge is 0.417 e. The summed E-state index contributed by atoms with van der Waals surface area (Å²) < 4.78 is 46.2. The van der Waals surface area contributed by atoms with E-state index in [1.165, 1.54) is 17.3 Å². The molecule has 7 nitrogen and oxygen atoms in total. The number of hydrogen-bond donors (Lipinski definition) is 1. The first kappa shape index (κ1) is 16.6. The van der Waals surface area contributed by atoms with E-state index in [9.17, 15) is 23.1 Å². The summed E-state index contributed by atoms with van der Waals surface area (Å²) in [5.41, 5.74) is -0.721. The second kappa shape index (κ2) is 5.84. The van der Waals surface area contributed by atoms with Crippen molar-refractivity contribution in [3.8, 4) is 11.3 Å². The van der Waals surface area contributed by atoms with Gasteiger partial charge in [0.25, 0.3) is 5.91 Å². The Morgan fingerprint density at radius 2 is 2.15 bits per heavy atom. The highest BCUT2D eigenvalue weighted by Crippen LogP contribution is 2.34. The lowest BCUT2D eigenvalue weighted by Gasteiger charge is -2.16. The molecule has 1 aliphatic heterocycles. The molecule has 1 aliphatic rings. The van der Waals surface area contributed by atoms with Crippen LogP contribution in [0, 0.1) is 0 Å². The Kier molecular flexibility index (Phi) is 3.72. The Balaban J connectivity index is 1.88. The van der Waals surface area contributed by atoms with Crippen LogP contribution in [0.25, 0.3) is 17.0 Å². The highest BCUT2D eigenvalue weighted by Gasteiger charge is 2.34. The zero-order chi connectivity index (χ0) is 18.5. The number of rotatable bonds is 2. The predicted octanol–water partition coefficient (Wildman–Crippen LogP) is 2.21. The Hall–Kier alpha value is -2.88. The zero-order valence-corrected chi connectivity index (χ0v) is 13.3. The Morgan fingerprint density at radius 1 is 1.35 bits per heavy atom. The van der Waals surface area contributed by atoms with Crippen molar-refractivity contribution in [1.29, 1.82) is 0 Å². The minimum absolute atomic E-state index is 0.0130. The summed E-state index contributed by atoms with van der Waals surface area (Å²) in [6, 6.07) is 0.913. The molecule has 1 N–H and O–H groups in total. The Morgan fingerprint density at radius 3 is 2.77 bits per heavy atom. The summed E-state index contributed by atoms with van der Waals surface area (Å²) in [6.07, 6.45) is -0.370. The van der Waals surface area contributed by atoms with Crippen LogP contribution in [0.4, 0.5) is 13.2 Å². The molecule has 4 heterocycles. The van der Waals surface area contributed by atoms with Gasteiger partial charge in [0.1, 0.15) is 11.3 Å². The maximum absolute atomic E-state index is 13.3. The van der Waals surface area contributed by atoms with Gasteiger partial charge in [0.15, 0.2) is 12.2 Å². The van der Waals surface area contributed by atoms with Gasteiger partial charge in [0.2, 0.25) is 0 Å². The van der Waals surface area contributed by atoms with Gasteiger partial charge in [0.05, 0.1) is 29.6 Å². The number of oxazole rings is 1. The van der Waals surface area contributed by atoms with Gasteiger partial charge in [-0.1, -0.05) is 0 Å². The van der Waals surface area contributed by atoms with Crippen LogP contribution in [-0.2, 0) is 6.18 Å². The molecule has 0 radical (unpaired) electrons. The lowest BCUT2D eigenvalue weighted by Crippen LogP contribution is -2.30. The number of nitrogens with zero attached hydrogens (tertiary/aromatic N) is 4. The minimum atomic E-state index is -4.61. The highest BCUT2D eigenvalue weighted by atomic mass is 19.4. The van der Waals surface area contributed by atoms with Crippen LogP contribution >= 0.6 is 0 Å². The molecule has 26 heavy (non-hydrogen) atoms. The fourth-order valence-corrected chi connectivity index (χ4v) is 3.02. The second-order valence-electron chi connectivity index (χ2n) is 6.04. The standard InChI is InChI=1S/C16H13F3N4O3/c17-16(18,19)9-3-11(13-5-20-8-26-13)14-21-4-12(23(14)6-9)15(25)22-2-1-10(24)7-22/h3-6,8,10,24H,1-2,7H2. The summed E-state index contributed by atoms with van der Waals surface area (Å²) in [5.74, 6) is -0.376. The predicted molar refractivity (Wildman–Crippen MR) is 82.2 cm³/mol. The number of β-amino-alcohol motifs (C(OH)–C–C–N with tert-alkyl or cyclic N) is 1. The van der Waals surface area contributed by atoms with Gasteiger partial charge in [-0.15, -0.1) is 0 Å². The van der Waals surface area contributed by atoms with E-state index in [-0.39, 0.29) is 29.2 Å². The van der Waals surface area contributed by atoms with E-state index >= 15 is 0 Å².